The fourth-order valence-corrected chi connectivity index (χ4v) is 6.74. The molecule has 10 nitrogen and oxygen atoms in total. The molecule has 0 aromatic heterocycles. The molecule has 4 rings (SSSR count). The zero-order chi connectivity index (χ0) is 30.7. The van der Waals surface area contributed by atoms with E-state index >= 15 is 0 Å². The maximum absolute atomic E-state index is 13.1. The van der Waals surface area contributed by atoms with E-state index in [1.54, 1.807) is 30.3 Å². The molecular weight excluding hydrogens is 578 g/mol. The van der Waals surface area contributed by atoms with E-state index in [-0.39, 0.29) is 34.9 Å². The van der Waals surface area contributed by atoms with Gasteiger partial charge in [0.25, 0.3) is 0 Å². The summed E-state index contributed by atoms with van der Waals surface area (Å²) in [5, 5.41) is 2.66. The molecule has 1 heterocycles. The van der Waals surface area contributed by atoms with Gasteiger partial charge in [0.15, 0.2) is 5.78 Å². The van der Waals surface area contributed by atoms with Gasteiger partial charge < -0.3 is 10.1 Å². The Morgan fingerprint density at radius 2 is 1.50 bits per heavy atom. The standard InChI is InChI=1S/C30H35N3O7S2/c1-30(2,3)24-10-8-22(9-11-24)29(35)23-6-5-7-25(20-23)31-28(34)21-33(41(4,36)37)26-12-14-27(15-13-26)42(38,39)32-16-18-40-19-17-32/h5-15,20H,16-19,21H2,1-4H3,(H,31,34). The van der Waals surface area contributed by atoms with E-state index in [0.29, 0.717) is 30.0 Å². The lowest BCUT2D eigenvalue weighted by atomic mass is 9.86. The first kappa shape index (κ1) is 31.4. The van der Waals surface area contributed by atoms with Crippen LogP contribution in [0.4, 0.5) is 11.4 Å². The van der Waals surface area contributed by atoms with E-state index in [1.807, 2.05) is 12.1 Å². The molecule has 0 bridgehead atoms. The molecule has 3 aromatic carbocycles. The summed E-state index contributed by atoms with van der Waals surface area (Å²) in [4.78, 5) is 26.0. The van der Waals surface area contributed by atoms with Gasteiger partial charge in [-0.2, -0.15) is 4.31 Å². The lowest BCUT2D eigenvalue weighted by Crippen LogP contribution is -2.40. The highest BCUT2D eigenvalue weighted by atomic mass is 32.2. The first-order chi connectivity index (χ1) is 19.7. The molecule has 1 fully saturated rings. The summed E-state index contributed by atoms with van der Waals surface area (Å²) in [7, 11) is -7.67. The van der Waals surface area contributed by atoms with Crippen molar-refractivity contribution in [3.8, 4) is 0 Å². The predicted octanol–water partition coefficient (Wildman–Crippen LogP) is 3.64. The number of ether oxygens (including phenoxy) is 1. The summed E-state index contributed by atoms with van der Waals surface area (Å²) in [6, 6.07) is 19.1. The summed E-state index contributed by atoms with van der Waals surface area (Å²) >= 11 is 0. The normalized spacial score (nSPS) is 14.8. The third-order valence-corrected chi connectivity index (χ3v) is 9.90. The second kappa shape index (κ2) is 12.3. The molecule has 0 aliphatic carbocycles. The number of morpholine rings is 1. The number of rotatable bonds is 9. The van der Waals surface area contributed by atoms with E-state index in [0.717, 1.165) is 16.1 Å². The van der Waals surface area contributed by atoms with Crippen molar-refractivity contribution < 1.29 is 31.2 Å². The van der Waals surface area contributed by atoms with Crippen molar-refractivity contribution in [2.24, 2.45) is 0 Å². The zero-order valence-electron chi connectivity index (χ0n) is 24.0. The van der Waals surface area contributed by atoms with E-state index < -0.39 is 32.5 Å². The highest BCUT2D eigenvalue weighted by Gasteiger charge is 2.27. The number of nitrogens with one attached hydrogen (secondary N) is 1. The summed E-state index contributed by atoms with van der Waals surface area (Å²) < 4.78 is 58.4. The van der Waals surface area contributed by atoms with Gasteiger partial charge in [0.1, 0.15) is 6.54 Å². The minimum Gasteiger partial charge on any atom is -0.379 e. The summed E-state index contributed by atoms with van der Waals surface area (Å²) in [5.41, 5.74) is 2.40. The van der Waals surface area contributed by atoms with Crippen LogP contribution in [-0.4, -0.2) is 71.9 Å². The molecule has 1 aliphatic heterocycles. The number of ketones is 1. The molecule has 0 atom stereocenters. The molecule has 1 aliphatic rings. The topological polar surface area (TPSA) is 130 Å². The fourth-order valence-electron chi connectivity index (χ4n) is 4.48. The highest BCUT2D eigenvalue weighted by Crippen LogP contribution is 2.25. The van der Waals surface area contributed by atoms with Gasteiger partial charge >= 0.3 is 0 Å². The molecule has 1 N–H and O–H groups in total. The number of carbonyl (C=O) groups is 2. The van der Waals surface area contributed by atoms with Crippen molar-refractivity contribution in [3.63, 3.8) is 0 Å². The van der Waals surface area contributed by atoms with E-state index in [1.165, 1.54) is 34.6 Å². The number of amides is 1. The van der Waals surface area contributed by atoms with Crippen LogP contribution in [0.2, 0.25) is 0 Å². The summed E-state index contributed by atoms with van der Waals surface area (Å²) in [6.45, 7) is 6.78. The number of benzene rings is 3. The first-order valence-corrected chi connectivity index (χ1v) is 16.7. The number of sulfonamides is 2. The van der Waals surface area contributed by atoms with Crippen molar-refractivity contribution in [1.29, 1.82) is 0 Å². The average molecular weight is 614 g/mol. The molecule has 1 amide bonds. The maximum Gasteiger partial charge on any atom is 0.245 e. The Bertz CT molecular complexity index is 1660. The van der Waals surface area contributed by atoms with Gasteiger partial charge in [-0.3, -0.25) is 13.9 Å². The van der Waals surface area contributed by atoms with Crippen molar-refractivity contribution in [1.82, 2.24) is 4.31 Å². The van der Waals surface area contributed by atoms with Gasteiger partial charge in [0.2, 0.25) is 26.0 Å². The van der Waals surface area contributed by atoms with Crippen molar-refractivity contribution >= 4 is 43.1 Å². The fraction of sp³-hybridized carbons (Fsp3) is 0.333. The smallest absolute Gasteiger partial charge is 0.245 e. The van der Waals surface area contributed by atoms with Crippen LogP contribution in [0, 0.1) is 0 Å². The second-order valence-corrected chi connectivity index (χ2v) is 14.9. The van der Waals surface area contributed by atoms with E-state index in [9.17, 15) is 26.4 Å². The molecule has 1 saturated heterocycles. The number of carbonyl (C=O) groups excluding carboxylic acids is 2. The van der Waals surface area contributed by atoms with E-state index in [4.69, 9.17) is 4.74 Å². The third-order valence-electron chi connectivity index (χ3n) is 6.84. The molecule has 42 heavy (non-hydrogen) atoms. The molecule has 0 radical (unpaired) electrons. The maximum atomic E-state index is 13.1. The molecule has 0 saturated carbocycles. The Kier molecular flexibility index (Phi) is 9.21. The van der Waals surface area contributed by atoms with Gasteiger partial charge in [-0.15, -0.1) is 0 Å². The second-order valence-electron chi connectivity index (χ2n) is 11.1. The monoisotopic (exact) mass is 613 g/mol. The molecule has 0 unspecified atom stereocenters. The van der Waals surface area contributed by atoms with E-state index in [2.05, 4.69) is 26.1 Å². The average Bonchev–Trinajstić information content (AvgIpc) is 2.95. The Hall–Kier alpha value is -3.58. The van der Waals surface area contributed by atoms with Crippen molar-refractivity contribution in [3.05, 3.63) is 89.5 Å². The number of anilines is 2. The number of hydrogen-bond acceptors (Lipinski definition) is 7. The minimum atomic E-state index is -3.90. The van der Waals surface area contributed by atoms with Gasteiger partial charge in [-0.1, -0.05) is 57.2 Å². The molecule has 3 aromatic rings. The highest BCUT2D eigenvalue weighted by molar-refractivity contribution is 7.92. The Labute approximate surface area is 247 Å². The van der Waals surface area contributed by atoms with Gasteiger partial charge in [-0.25, -0.2) is 16.8 Å². The van der Waals surface area contributed by atoms with Gasteiger partial charge in [0, 0.05) is 29.9 Å². The molecule has 12 heteroatoms. The first-order valence-electron chi connectivity index (χ1n) is 13.4. The van der Waals surface area contributed by atoms with Crippen LogP contribution in [0.15, 0.2) is 77.7 Å². The van der Waals surface area contributed by atoms with Crippen LogP contribution >= 0.6 is 0 Å². The number of hydrogen-bond donors (Lipinski definition) is 1. The summed E-state index contributed by atoms with van der Waals surface area (Å²) in [6.07, 6.45) is 0.961. The van der Waals surface area contributed by atoms with Crippen molar-refractivity contribution in [2.75, 3.05) is 48.7 Å². The van der Waals surface area contributed by atoms with Crippen LogP contribution in [0.25, 0.3) is 0 Å². The third kappa shape index (κ3) is 7.43. The number of nitrogens with zero attached hydrogens (tertiary/aromatic N) is 2. The Balaban J connectivity index is 1.47. The Morgan fingerprint density at radius 3 is 2.07 bits per heavy atom. The quantitative estimate of drug-likeness (QED) is 0.365. The van der Waals surface area contributed by atoms with Crippen LogP contribution in [0.1, 0.15) is 42.3 Å². The minimum absolute atomic E-state index is 0.0144. The van der Waals surface area contributed by atoms with Crippen LogP contribution in [-0.2, 0) is 35.0 Å². The predicted molar refractivity (Wildman–Crippen MR) is 162 cm³/mol. The Morgan fingerprint density at radius 1 is 0.881 bits per heavy atom. The van der Waals surface area contributed by atoms with Crippen LogP contribution < -0.4 is 9.62 Å². The summed E-state index contributed by atoms with van der Waals surface area (Å²) in [5.74, 6) is -0.846. The van der Waals surface area contributed by atoms with Gasteiger partial charge in [-0.05, 0) is 47.4 Å². The molecule has 0 spiro atoms. The molecule has 224 valence electrons. The van der Waals surface area contributed by atoms with Crippen LogP contribution in [0.5, 0.6) is 0 Å². The zero-order valence-corrected chi connectivity index (χ0v) is 25.7. The lowest BCUT2D eigenvalue weighted by molar-refractivity contribution is -0.114. The van der Waals surface area contributed by atoms with Crippen LogP contribution in [0.3, 0.4) is 0 Å². The van der Waals surface area contributed by atoms with Gasteiger partial charge in [0.05, 0.1) is 30.1 Å². The molecular formula is C30H35N3O7S2. The van der Waals surface area contributed by atoms with Crippen molar-refractivity contribution in [2.45, 2.75) is 31.1 Å². The SMILES string of the molecule is CC(C)(C)c1ccc(C(=O)c2cccc(NC(=O)CN(c3ccc(S(=O)(=O)N4CCOCC4)cc3)S(C)(=O)=O)c2)cc1. The lowest BCUT2D eigenvalue weighted by Gasteiger charge is -2.26. The largest absolute Gasteiger partial charge is 0.379 e.